The lowest BCUT2D eigenvalue weighted by Gasteiger charge is -2.32. The second kappa shape index (κ2) is 8.32. The largest absolute Gasteiger partial charge is 0.506 e. The Hall–Kier alpha value is -1.71. The molecule has 0 amide bonds. The number of nitrogens with one attached hydrogen (secondary N) is 1. The Morgan fingerprint density at radius 2 is 1.69 bits per heavy atom. The van der Waals surface area contributed by atoms with Crippen molar-refractivity contribution in [3.05, 3.63) is 23.8 Å². The highest BCUT2D eigenvalue weighted by atomic mass is 16.3. The van der Waals surface area contributed by atoms with Crippen LogP contribution in [0.1, 0.15) is 77.7 Å². The lowest BCUT2D eigenvalue weighted by atomic mass is 9.87. The van der Waals surface area contributed by atoms with E-state index >= 15 is 0 Å². The average Bonchev–Trinajstić information content (AvgIpc) is 2.63. The second-order valence-electron chi connectivity index (χ2n) is 8.90. The number of anilines is 1. The molecule has 1 saturated carbocycles. The molecule has 2 N–H and O–H groups in total. The van der Waals surface area contributed by atoms with E-state index in [1.54, 1.807) is 6.07 Å². The molecule has 0 radical (unpaired) electrons. The molecule has 26 heavy (non-hydrogen) atoms. The number of benzene rings is 1. The smallest absolute Gasteiger partial charge is 0.198 e. The summed E-state index contributed by atoms with van der Waals surface area (Å²) < 4.78 is 0. The normalized spacial score (nSPS) is 20.3. The minimum atomic E-state index is 0.0515. The Labute approximate surface area is 158 Å². The number of guanidine groups is 1. The van der Waals surface area contributed by atoms with Crippen LogP contribution in [-0.2, 0) is 5.41 Å². The summed E-state index contributed by atoms with van der Waals surface area (Å²) in [7, 11) is 0. The van der Waals surface area contributed by atoms with Gasteiger partial charge in [-0.05, 0) is 55.2 Å². The van der Waals surface area contributed by atoms with Crippen LogP contribution in [0, 0.1) is 0 Å². The number of likely N-dealkylation sites (tertiary alicyclic amines) is 1. The first-order valence-electron chi connectivity index (χ1n) is 10.4. The maximum Gasteiger partial charge on any atom is 0.198 e. The minimum Gasteiger partial charge on any atom is -0.506 e. The molecule has 1 aliphatic heterocycles. The summed E-state index contributed by atoms with van der Waals surface area (Å²) in [6.07, 6.45) is 10.0. The van der Waals surface area contributed by atoms with E-state index in [1.165, 1.54) is 56.9 Å². The molecule has 0 aromatic heterocycles. The molecule has 144 valence electrons. The van der Waals surface area contributed by atoms with Gasteiger partial charge in [0.1, 0.15) is 5.75 Å². The van der Waals surface area contributed by atoms with Crippen molar-refractivity contribution >= 4 is 11.6 Å². The van der Waals surface area contributed by atoms with Crippen molar-refractivity contribution < 1.29 is 5.11 Å². The Morgan fingerprint density at radius 3 is 2.35 bits per heavy atom. The van der Waals surface area contributed by atoms with Crippen molar-refractivity contribution in [3.8, 4) is 5.75 Å². The molecule has 4 nitrogen and oxygen atoms in total. The third-order valence-corrected chi connectivity index (χ3v) is 5.64. The molecule has 0 atom stereocenters. The van der Waals surface area contributed by atoms with Gasteiger partial charge in [-0.15, -0.1) is 0 Å². The quantitative estimate of drug-likeness (QED) is 0.430. The zero-order valence-electron chi connectivity index (χ0n) is 16.7. The molecule has 1 aliphatic carbocycles. The zero-order valence-corrected chi connectivity index (χ0v) is 16.7. The van der Waals surface area contributed by atoms with Crippen molar-refractivity contribution in [2.24, 2.45) is 4.99 Å². The fraction of sp³-hybridized carbons (Fsp3) is 0.682. The van der Waals surface area contributed by atoms with Crippen LogP contribution in [-0.4, -0.2) is 35.1 Å². The van der Waals surface area contributed by atoms with Crippen LogP contribution in [0.2, 0.25) is 0 Å². The molecule has 1 heterocycles. The van der Waals surface area contributed by atoms with Crippen LogP contribution in [0.5, 0.6) is 5.75 Å². The van der Waals surface area contributed by atoms with E-state index in [-0.39, 0.29) is 5.41 Å². The van der Waals surface area contributed by atoms with Crippen molar-refractivity contribution in [2.45, 2.75) is 83.6 Å². The number of nitrogens with zero attached hydrogens (tertiary/aromatic N) is 2. The highest BCUT2D eigenvalue weighted by Crippen LogP contribution is 2.31. The fourth-order valence-electron chi connectivity index (χ4n) is 3.90. The van der Waals surface area contributed by atoms with Gasteiger partial charge in [0.05, 0.1) is 11.7 Å². The number of hydrogen-bond acceptors (Lipinski definition) is 2. The summed E-state index contributed by atoms with van der Waals surface area (Å²) in [5.41, 5.74) is 2.04. The van der Waals surface area contributed by atoms with Crippen LogP contribution in [0.4, 0.5) is 5.69 Å². The average molecular weight is 358 g/mol. The number of rotatable bonds is 2. The van der Waals surface area contributed by atoms with Crippen LogP contribution in [0.3, 0.4) is 0 Å². The van der Waals surface area contributed by atoms with Crippen molar-refractivity contribution in [2.75, 3.05) is 18.4 Å². The molecule has 3 rings (SSSR count). The van der Waals surface area contributed by atoms with Gasteiger partial charge in [0.15, 0.2) is 5.96 Å². The van der Waals surface area contributed by atoms with Crippen molar-refractivity contribution in [1.82, 2.24) is 4.90 Å². The molecule has 0 unspecified atom stereocenters. The number of aromatic hydroxyl groups is 1. The number of phenols is 1. The number of hydrogen-bond donors (Lipinski definition) is 2. The summed E-state index contributed by atoms with van der Waals surface area (Å²) in [5, 5.41) is 13.9. The Balaban J connectivity index is 1.86. The summed E-state index contributed by atoms with van der Waals surface area (Å²) in [6, 6.07) is 6.31. The summed E-state index contributed by atoms with van der Waals surface area (Å²) >= 11 is 0. The van der Waals surface area contributed by atoms with E-state index in [2.05, 4.69) is 37.1 Å². The molecule has 4 heteroatoms. The first-order valence-corrected chi connectivity index (χ1v) is 10.4. The SMILES string of the molecule is CC(C)(C)c1ccc(O)c(NC(=NC2CCCCC2)N2CCCCC2)c1. The molecule has 1 saturated heterocycles. The number of aliphatic imine (C=N–C) groups is 1. The van der Waals surface area contributed by atoms with E-state index in [0.717, 1.165) is 24.7 Å². The Kier molecular flexibility index (Phi) is 6.10. The van der Waals surface area contributed by atoms with E-state index in [9.17, 15) is 5.11 Å². The lowest BCUT2D eigenvalue weighted by Crippen LogP contribution is -2.41. The van der Waals surface area contributed by atoms with Gasteiger partial charge in [0.25, 0.3) is 0 Å². The Bertz CT molecular complexity index is 621. The van der Waals surface area contributed by atoms with E-state index in [0.29, 0.717) is 11.8 Å². The predicted octanol–water partition coefficient (Wildman–Crippen LogP) is 5.28. The summed E-state index contributed by atoms with van der Waals surface area (Å²) in [5.74, 6) is 1.25. The van der Waals surface area contributed by atoms with Gasteiger partial charge in [-0.1, -0.05) is 46.1 Å². The molecule has 0 spiro atoms. The molecular weight excluding hydrogens is 322 g/mol. The van der Waals surface area contributed by atoms with Crippen molar-refractivity contribution in [1.29, 1.82) is 0 Å². The molecular formula is C22H35N3O. The van der Waals surface area contributed by atoms with Crippen molar-refractivity contribution in [3.63, 3.8) is 0 Å². The van der Waals surface area contributed by atoms with E-state index < -0.39 is 0 Å². The standard InChI is InChI=1S/C22H35N3O/c1-22(2,3)17-12-13-20(26)19(16-17)24-21(25-14-8-5-9-15-25)23-18-10-6-4-7-11-18/h12-13,16,18,26H,4-11,14-15H2,1-3H3,(H,23,24). The van der Waals surface area contributed by atoms with Gasteiger partial charge >= 0.3 is 0 Å². The minimum absolute atomic E-state index is 0.0515. The van der Waals surface area contributed by atoms with Gasteiger partial charge in [-0.25, -0.2) is 4.99 Å². The molecule has 0 bridgehead atoms. The first kappa shape index (κ1) is 19.1. The molecule has 2 fully saturated rings. The van der Waals surface area contributed by atoms with Gasteiger partial charge in [-0.2, -0.15) is 0 Å². The summed E-state index contributed by atoms with van der Waals surface area (Å²) in [6.45, 7) is 8.71. The van der Waals surface area contributed by atoms with E-state index in [1.807, 2.05) is 6.07 Å². The summed E-state index contributed by atoms with van der Waals surface area (Å²) in [4.78, 5) is 7.48. The second-order valence-corrected chi connectivity index (χ2v) is 8.90. The predicted molar refractivity (Wildman–Crippen MR) is 110 cm³/mol. The van der Waals surface area contributed by atoms with Crippen LogP contribution < -0.4 is 5.32 Å². The first-order chi connectivity index (χ1) is 12.4. The van der Waals surface area contributed by atoms with Crippen LogP contribution in [0.25, 0.3) is 0 Å². The topological polar surface area (TPSA) is 47.9 Å². The lowest BCUT2D eigenvalue weighted by molar-refractivity contribution is 0.336. The molecule has 2 aliphatic rings. The number of piperidine rings is 1. The highest BCUT2D eigenvalue weighted by molar-refractivity contribution is 5.95. The van der Waals surface area contributed by atoms with Gasteiger partial charge < -0.3 is 15.3 Å². The number of phenolic OH excluding ortho intramolecular Hbond substituents is 1. The van der Waals surface area contributed by atoms with Crippen LogP contribution >= 0.6 is 0 Å². The highest BCUT2D eigenvalue weighted by Gasteiger charge is 2.21. The third-order valence-electron chi connectivity index (χ3n) is 5.64. The van der Waals surface area contributed by atoms with Crippen LogP contribution in [0.15, 0.2) is 23.2 Å². The maximum atomic E-state index is 10.4. The molecule has 1 aromatic rings. The fourth-order valence-corrected chi connectivity index (χ4v) is 3.90. The van der Waals surface area contributed by atoms with Gasteiger partial charge in [0, 0.05) is 13.1 Å². The zero-order chi connectivity index (χ0) is 18.6. The van der Waals surface area contributed by atoms with Gasteiger partial charge in [0.2, 0.25) is 0 Å². The molecule has 1 aromatic carbocycles. The monoisotopic (exact) mass is 357 g/mol. The Morgan fingerprint density at radius 1 is 1.04 bits per heavy atom. The van der Waals surface area contributed by atoms with Gasteiger partial charge in [-0.3, -0.25) is 0 Å². The maximum absolute atomic E-state index is 10.4. The third kappa shape index (κ3) is 4.93. The van der Waals surface area contributed by atoms with E-state index in [4.69, 9.17) is 4.99 Å².